The molecular weight excluding hydrogens is 379 g/mol. The molecule has 2 heterocycles. The number of hydrogen-bond acceptors (Lipinski definition) is 4. The third-order valence-corrected chi connectivity index (χ3v) is 5.68. The Morgan fingerprint density at radius 2 is 1.89 bits per heavy atom. The Hall–Kier alpha value is -2.13. The minimum atomic E-state index is -4.57. The third-order valence-electron chi connectivity index (χ3n) is 5.68. The second-order valence-corrected chi connectivity index (χ2v) is 7.47. The summed E-state index contributed by atoms with van der Waals surface area (Å²) in [7, 11) is 0. The van der Waals surface area contributed by atoms with Gasteiger partial charge in [0, 0.05) is 42.9 Å². The molecule has 0 radical (unpaired) electrons. The van der Waals surface area contributed by atoms with E-state index in [0.29, 0.717) is 43.6 Å². The fraction of sp³-hybridized carbons (Fsp3) is 0.474. The quantitative estimate of drug-likeness (QED) is 0.783. The Bertz CT molecular complexity index is 885. The van der Waals surface area contributed by atoms with Crippen LogP contribution in [0.15, 0.2) is 24.4 Å². The molecule has 2 aromatic rings. The molecule has 0 amide bonds. The number of nitrogens with zero attached hydrogens (tertiary/aromatic N) is 3. The first-order valence-corrected chi connectivity index (χ1v) is 9.09. The molecule has 1 aliphatic carbocycles. The normalized spacial score (nSPS) is 25.7. The Kier molecular flexibility index (Phi) is 4.83. The standard InChI is InChI=1S/C19H19F5N4/c20-11-1-4-15(21)14(5-11)13-3-2-12(6-16(13)25)28-8-10-7-26-18(19(22,23)24)27-17(10)9-28/h1,4-5,7,12-13,16H,2-3,6,8-9,25H2/t12-,13+,16-/m0/s1. The second-order valence-electron chi connectivity index (χ2n) is 7.47. The monoisotopic (exact) mass is 398 g/mol. The molecule has 9 heteroatoms. The van der Waals surface area contributed by atoms with E-state index in [2.05, 4.69) is 9.97 Å². The highest BCUT2D eigenvalue weighted by atomic mass is 19.4. The van der Waals surface area contributed by atoms with Crippen LogP contribution in [0.5, 0.6) is 0 Å². The number of alkyl halides is 3. The summed E-state index contributed by atoms with van der Waals surface area (Å²) in [6.07, 6.45) is -1.51. The summed E-state index contributed by atoms with van der Waals surface area (Å²) in [4.78, 5) is 9.13. The van der Waals surface area contributed by atoms with E-state index in [-0.39, 0.29) is 23.6 Å². The fourth-order valence-corrected chi connectivity index (χ4v) is 4.27. The molecule has 0 saturated heterocycles. The van der Waals surface area contributed by atoms with E-state index in [4.69, 9.17) is 5.73 Å². The van der Waals surface area contributed by atoms with Crippen molar-refractivity contribution in [2.75, 3.05) is 0 Å². The Morgan fingerprint density at radius 1 is 1.11 bits per heavy atom. The van der Waals surface area contributed by atoms with Gasteiger partial charge < -0.3 is 5.73 Å². The Balaban J connectivity index is 1.46. The van der Waals surface area contributed by atoms with Gasteiger partial charge in [0.05, 0.1) is 5.69 Å². The van der Waals surface area contributed by atoms with Crippen LogP contribution in [0, 0.1) is 11.6 Å². The van der Waals surface area contributed by atoms with Gasteiger partial charge in [-0.25, -0.2) is 18.7 Å². The zero-order valence-corrected chi connectivity index (χ0v) is 14.9. The molecular formula is C19H19F5N4. The van der Waals surface area contributed by atoms with Crippen LogP contribution in [-0.4, -0.2) is 27.0 Å². The molecule has 3 atom stereocenters. The van der Waals surface area contributed by atoms with E-state index in [1.54, 1.807) is 0 Å². The van der Waals surface area contributed by atoms with Crippen molar-refractivity contribution >= 4 is 0 Å². The third kappa shape index (κ3) is 3.60. The lowest BCUT2D eigenvalue weighted by Gasteiger charge is -2.38. The molecule has 1 aromatic carbocycles. The van der Waals surface area contributed by atoms with Gasteiger partial charge >= 0.3 is 6.18 Å². The maximum absolute atomic E-state index is 14.1. The molecule has 1 fully saturated rings. The van der Waals surface area contributed by atoms with Gasteiger partial charge in [-0.05, 0) is 43.0 Å². The van der Waals surface area contributed by atoms with Crippen molar-refractivity contribution in [2.45, 2.75) is 56.5 Å². The summed E-state index contributed by atoms with van der Waals surface area (Å²) >= 11 is 0. The van der Waals surface area contributed by atoms with Crippen LogP contribution >= 0.6 is 0 Å². The van der Waals surface area contributed by atoms with Gasteiger partial charge in [-0.3, -0.25) is 4.90 Å². The lowest BCUT2D eigenvalue weighted by atomic mass is 9.77. The highest BCUT2D eigenvalue weighted by Crippen LogP contribution is 2.38. The lowest BCUT2D eigenvalue weighted by molar-refractivity contribution is -0.145. The van der Waals surface area contributed by atoms with Crippen LogP contribution in [0.2, 0.25) is 0 Å². The molecule has 4 rings (SSSR count). The predicted octanol–water partition coefficient (Wildman–Crippen LogP) is 3.75. The van der Waals surface area contributed by atoms with Crippen molar-refractivity contribution in [2.24, 2.45) is 5.73 Å². The van der Waals surface area contributed by atoms with Crippen LogP contribution in [0.3, 0.4) is 0 Å². The SMILES string of the molecule is N[C@H]1C[C@@H](N2Cc3cnc(C(F)(F)F)nc3C2)CC[C@@H]1c1cc(F)ccc1F. The molecule has 1 aromatic heterocycles. The fourth-order valence-electron chi connectivity index (χ4n) is 4.27. The average Bonchev–Trinajstić information content (AvgIpc) is 3.06. The van der Waals surface area contributed by atoms with Gasteiger partial charge in [-0.2, -0.15) is 13.2 Å². The molecule has 1 aliphatic heterocycles. The van der Waals surface area contributed by atoms with E-state index < -0.39 is 23.6 Å². The highest BCUT2D eigenvalue weighted by molar-refractivity contribution is 5.26. The zero-order valence-electron chi connectivity index (χ0n) is 14.9. The van der Waals surface area contributed by atoms with Crippen LogP contribution in [0.1, 0.15) is 47.8 Å². The topological polar surface area (TPSA) is 55.0 Å². The summed E-state index contributed by atoms with van der Waals surface area (Å²) < 4.78 is 66.0. The van der Waals surface area contributed by atoms with Gasteiger partial charge in [0.2, 0.25) is 5.82 Å². The van der Waals surface area contributed by atoms with E-state index in [1.807, 2.05) is 4.90 Å². The second kappa shape index (κ2) is 7.04. The molecule has 150 valence electrons. The number of fused-ring (bicyclic) bond motifs is 1. The van der Waals surface area contributed by atoms with Gasteiger partial charge in [0.25, 0.3) is 0 Å². The molecule has 4 nitrogen and oxygen atoms in total. The minimum absolute atomic E-state index is 0.0476. The predicted molar refractivity (Wildman–Crippen MR) is 91.0 cm³/mol. The van der Waals surface area contributed by atoms with Gasteiger partial charge in [0.1, 0.15) is 11.6 Å². The first-order chi connectivity index (χ1) is 13.2. The summed E-state index contributed by atoms with van der Waals surface area (Å²) in [5.41, 5.74) is 7.63. The van der Waals surface area contributed by atoms with Crippen LogP contribution in [-0.2, 0) is 19.3 Å². The van der Waals surface area contributed by atoms with Crippen LogP contribution in [0.4, 0.5) is 22.0 Å². The van der Waals surface area contributed by atoms with Crippen molar-refractivity contribution in [3.63, 3.8) is 0 Å². The molecule has 2 aliphatic rings. The number of nitrogens with two attached hydrogens (primary N) is 1. The van der Waals surface area contributed by atoms with Crippen LogP contribution < -0.4 is 5.73 Å². The van der Waals surface area contributed by atoms with Gasteiger partial charge in [0.15, 0.2) is 0 Å². The number of benzene rings is 1. The molecule has 0 spiro atoms. The maximum Gasteiger partial charge on any atom is 0.451 e. The molecule has 28 heavy (non-hydrogen) atoms. The maximum atomic E-state index is 14.1. The van der Waals surface area contributed by atoms with Crippen molar-refractivity contribution in [1.29, 1.82) is 0 Å². The Morgan fingerprint density at radius 3 is 2.61 bits per heavy atom. The smallest absolute Gasteiger partial charge is 0.327 e. The molecule has 0 bridgehead atoms. The number of rotatable bonds is 2. The van der Waals surface area contributed by atoms with Gasteiger partial charge in [-0.15, -0.1) is 0 Å². The first kappa shape index (κ1) is 19.2. The largest absolute Gasteiger partial charge is 0.451 e. The van der Waals surface area contributed by atoms with Crippen molar-refractivity contribution in [3.8, 4) is 0 Å². The minimum Gasteiger partial charge on any atom is -0.327 e. The number of hydrogen-bond donors (Lipinski definition) is 1. The Labute approximate surface area is 158 Å². The van der Waals surface area contributed by atoms with E-state index in [1.165, 1.54) is 12.3 Å². The molecule has 0 unspecified atom stereocenters. The summed E-state index contributed by atoms with van der Waals surface area (Å²) in [6.45, 7) is 0.765. The summed E-state index contributed by atoms with van der Waals surface area (Å²) in [5.74, 6) is -2.38. The van der Waals surface area contributed by atoms with Gasteiger partial charge in [-0.1, -0.05) is 0 Å². The lowest BCUT2D eigenvalue weighted by Crippen LogP contribution is -2.44. The summed E-state index contributed by atoms with van der Waals surface area (Å²) in [6, 6.07) is 3.06. The highest BCUT2D eigenvalue weighted by Gasteiger charge is 2.38. The number of halogens is 5. The van der Waals surface area contributed by atoms with Crippen molar-refractivity contribution in [1.82, 2.24) is 14.9 Å². The summed E-state index contributed by atoms with van der Waals surface area (Å²) in [5, 5.41) is 0. The van der Waals surface area contributed by atoms with Crippen LogP contribution in [0.25, 0.3) is 0 Å². The first-order valence-electron chi connectivity index (χ1n) is 9.09. The van der Waals surface area contributed by atoms with Crippen molar-refractivity contribution < 1.29 is 22.0 Å². The molecule has 1 saturated carbocycles. The van der Waals surface area contributed by atoms with E-state index >= 15 is 0 Å². The van der Waals surface area contributed by atoms with E-state index in [9.17, 15) is 22.0 Å². The number of aromatic nitrogens is 2. The van der Waals surface area contributed by atoms with Crippen molar-refractivity contribution in [3.05, 3.63) is 58.7 Å². The average molecular weight is 398 g/mol. The zero-order chi connectivity index (χ0) is 20.1. The van der Waals surface area contributed by atoms with E-state index in [0.717, 1.165) is 12.1 Å². The molecule has 2 N–H and O–H groups in total.